The second-order valence-electron chi connectivity index (χ2n) is 7.31. The molecule has 4 heterocycles. The molecule has 2 aliphatic rings. The molecule has 1 amide bonds. The van der Waals surface area contributed by atoms with Gasteiger partial charge in [-0.25, -0.2) is 4.98 Å². The largest absolute Gasteiger partial charge is 0.385 e. The average Bonchev–Trinajstić information content (AvgIpc) is 3.38. The SMILES string of the molecule is COCCCNc1nc2ccccn2c(=O)c1/C=C1/SC(=S)N(C[C@H]2CCCO2)C1=O. The molecule has 31 heavy (non-hydrogen) atoms. The number of fused-ring (bicyclic) bond motifs is 1. The average molecular weight is 461 g/mol. The fourth-order valence-electron chi connectivity index (χ4n) is 3.57. The van der Waals surface area contributed by atoms with E-state index in [1.54, 1.807) is 36.4 Å². The van der Waals surface area contributed by atoms with Gasteiger partial charge in [0.15, 0.2) is 0 Å². The fourth-order valence-corrected chi connectivity index (χ4v) is 4.83. The molecule has 2 fully saturated rings. The van der Waals surface area contributed by atoms with Crippen LogP contribution in [-0.2, 0) is 14.3 Å². The number of thiocarbonyl (C=S) groups is 1. The Balaban J connectivity index is 1.66. The van der Waals surface area contributed by atoms with Crippen molar-refractivity contribution in [1.82, 2.24) is 14.3 Å². The van der Waals surface area contributed by atoms with Crippen molar-refractivity contribution >= 4 is 51.7 Å². The van der Waals surface area contributed by atoms with Crippen molar-refractivity contribution in [3.05, 3.63) is 45.2 Å². The normalized spacial score (nSPS) is 20.4. The van der Waals surface area contributed by atoms with Crippen LogP contribution in [0.25, 0.3) is 11.7 Å². The number of pyridine rings is 1. The summed E-state index contributed by atoms with van der Waals surface area (Å²) in [5, 5.41) is 3.21. The van der Waals surface area contributed by atoms with Crippen molar-refractivity contribution in [2.75, 3.05) is 38.7 Å². The van der Waals surface area contributed by atoms with Crippen LogP contribution in [0.2, 0.25) is 0 Å². The second-order valence-corrected chi connectivity index (χ2v) is 8.98. The van der Waals surface area contributed by atoms with Crippen LogP contribution in [0.5, 0.6) is 0 Å². The molecule has 0 unspecified atom stereocenters. The van der Waals surface area contributed by atoms with Crippen LogP contribution in [0.1, 0.15) is 24.8 Å². The van der Waals surface area contributed by atoms with Gasteiger partial charge in [0, 0.05) is 33.1 Å². The molecule has 0 aliphatic carbocycles. The highest BCUT2D eigenvalue weighted by Gasteiger charge is 2.35. The van der Waals surface area contributed by atoms with Crippen LogP contribution in [0.4, 0.5) is 5.82 Å². The highest BCUT2D eigenvalue weighted by atomic mass is 32.2. The Labute approximate surface area is 189 Å². The van der Waals surface area contributed by atoms with Gasteiger partial charge in [0.2, 0.25) is 0 Å². The molecule has 0 radical (unpaired) electrons. The summed E-state index contributed by atoms with van der Waals surface area (Å²) in [6.07, 6.45) is 5.94. The highest BCUT2D eigenvalue weighted by Crippen LogP contribution is 2.34. The Bertz CT molecular complexity index is 1080. The first-order chi connectivity index (χ1) is 15.1. The molecule has 10 heteroatoms. The zero-order chi connectivity index (χ0) is 21.8. The summed E-state index contributed by atoms with van der Waals surface area (Å²) in [6, 6.07) is 5.37. The van der Waals surface area contributed by atoms with Crippen molar-refractivity contribution in [2.45, 2.75) is 25.4 Å². The Morgan fingerprint density at radius 3 is 3.06 bits per heavy atom. The Morgan fingerprint density at radius 1 is 1.42 bits per heavy atom. The van der Waals surface area contributed by atoms with Crippen LogP contribution >= 0.6 is 24.0 Å². The van der Waals surface area contributed by atoms with E-state index in [1.807, 2.05) is 6.07 Å². The summed E-state index contributed by atoms with van der Waals surface area (Å²) in [7, 11) is 1.64. The first-order valence-corrected chi connectivity index (χ1v) is 11.4. The molecule has 2 aromatic heterocycles. The van der Waals surface area contributed by atoms with E-state index >= 15 is 0 Å². The molecule has 0 bridgehead atoms. The lowest BCUT2D eigenvalue weighted by Crippen LogP contribution is -2.35. The predicted octanol–water partition coefficient (Wildman–Crippen LogP) is 2.52. The van der Waals surface area contributed by atoms with Crippen molar-refractivity contribution in [3.63, 3.8) is 0 Å². The number of hydrogen-bond donors (Lipinski definition) is 1. The third-order valence-corrected chi connectivity index (χ3v) is 6.52. The van der Waals surface area contributed by atoms with Gasteiger partial charge in [-0.3, -0.25) is 18.9 Å². The third kappa shape index (κ3) is 4.82. The smallest absolute Gasteiger partial charge is 0.267 e. The van der Waals surface area contributed by atoms with Gasteiger partial charge >= 0.3 is 0 Å². The van der Waals surface area contributed by atoms with Gasteiger partial charge in [-0.2, -0.15) is 0 Å². The van der Waals surface area contributed by atoms with Gasteiger partial charge < -0.3 is 14.8 Å². The zero-order valence-electron chi connectivity index (χ0n) is 17.2. The van der Waals surface area contributed by atoms with Gasteiger partial charge in [-0.1, -0.05) is 30.0 Å². The van der Waals surface area contributed by atoms with Crippen molar-refractivity contribution < 1.29 is 14.3 Å². The Kier molecular flexibility index (Phi) is 7.01. The van der Waals surface area contributed by atoms with Gasteiger partial charge in [-0.15, -0.1) is 0 Å². The summed E-state index contributed by atoms with van der Waals surface area (Å²) in [5.41, 5.74) is 0.618. The maximum absolute atomic E-state index is 13.2. The van der Waals surface area contributed by atoms with Crippen molar-refractivity contribution in [1.29, 1.82) is 0 Å². The molecule has 2 aromatic rings. The standard InChI is InChI=1S/C21H24N4O4S2/c1-28-10-5-8-22-18-15(19(26)24-9-3-2-7-17(24)23-18)12-16-20(27)25(21(30)31-16)13-14-6-4-11-29-14/h2-3,7,9,12,14,22H,4-6,8,10-11,13H2,1H3/b16-12+/t14-/m1/s1. The van der Waals surface area contributed by atoms with E-state index in [-0.39, 0.29) is 17.6 Å². The second kappa shape index (κ2) is 9.90. The summed E-state index contributed by atoms with van der Waals surface area (Å²) in [6.45, 7) is 2.34. The number of nitrogens with one attached hydrogen (secondary N) is 1. The zero-order valence-corrected chi connectivity index (χ0v) is 18.8. The highest BCUT2D eigenvalue weighted by molar-refractivity contribution is 8.26. The fraction of sp³-hybridized carbons (Fsp3) is 0.429. The number of aromatic nitrogens is 2. The topological polar surface area (TPSA) is 85.2 Å². The molecule has 0 saturated carbocycles. The molecular formula is C21H24N4O4S2. The first kappa shape index (κ1) is 21.9. The number of nitrogens with zero attached hydrogens (tertiary/aromatic N) is 3. The van der Waals surface area contributed by atoms with Gasteiger partial charge in [0.05, 0.1) is 23.1 Å². The minimum absolute atomic E-state index is 0.00724. The molecule has 164 valence electrons. The molecule has 8 nitrogen and oxygen atoms in total. The Morgan fingerprint density at radius 2 is 2.29 bits per heavy atom. The molecule has 1 N–H and O–H groups in total. The van der Waals surface area contributed by atoms with Gasteiger partial charge in [0.1, 0.15) is 15.8 Å². The maximum atomic E-state index is 13.2. The monoisotopic (exact) mass is 460 g/mol. The minimum Gasteiger partial charge on any atom is -0.385 e. The Hall–Kier alpha value is -2.27. The van der Waals surface area contributed by atoms with Crippen LogP contribution < -0.4 is 10.9 Å². The molecule has 2 saturated heterocycles. The summed E-state index contributed by atoms with van der Waals surface area (Å²) in [5.74, 6) is 0.241. The number of thioether (sulfide) groups is 1. The number of amides is 1. The number of methoxy groups -OCH3 is 1. The molecule has 4 rings (SSSR count). The van der Waals surface area contributed by atoms with E-state index < -0.39 is 0 Å². The van der Waals surface area contributed by atoms with Crippen LogP contribution in [0, 0.1) is 0 Å². The quantitative estimate of drug-likeness (QED) is 0.366. The number of carbonyl (C=O) groups excluding carboxylic acids is 1. The first-order valence-electron chi connectivity index (χ1n) is 10.2. The lowest BCUT2D eigenvalue weighted by molar-refractivity contribution is -0.123. The van der Waals surface area contributed by atoms with E-state index in [9.17, 15) is 9.59 Å². The number of anilines is 1. The van der Waals surface area contributed by atoms with Gasteiger partial charge in [0.25, 0.3) is 11.5 Å². The molecule has 1 atom stereocenters. The number of rotatable bonds is 8. The van der Waals surface area contributed by atoms with E-state index in [4.69, 9.17) is 21.7 Å². The molecular weight excluding hydrogens is 436 g/mol. The van der Waals surface area contributed by atoms with Gasteiger partial charge in [-0.05, 0) is 37.5 Å². The van der Waals surface area contributed by atoms with E-state index in [0.29, 0.717) is 52.6 Å². The third-order valence-electron chi connectivity index (χ3n) is 5.15. The van der Waals surface area contributed by atoms with E-state index in [1.165, 1.54) is 16.2 Å². The summed E-state index contributed by atoms with van der Waals surface area (Å²) >= 11 is 6.63. The lowest BCUT2D eigenvalue weighted by Gasteiger charge is -2.18. The van der Waals surface area contributed by atoms with E-state index in [0.717, 1.165) is 19.3 Å². The van der Waals surface area contributed by atoms with E-state index in [2.05, 4.69) is 10.3 Å². The predicted molar refractivity (Wildman–Crippen MR) is 125 cm³/mol. The lowest BCUT2D eigenvalue weighted by atomic mass is 10.2. The molecule has 0 aromatic carbocycles. The summed E-state index contributed by atoms with van der Waals surface area (Å²) < 4.78 is 12.7. The maximum Gasteiger partial charge on any atom is 0.267 e. The summed E-state index contributed by atoms with van der Waals surface area (Å²) in [4.78, 5) is 32.8. The van der Waals surface area contributed by atoms with Crippen LogP contribution in [0.3, 0.4) is 0 Å². The minimum atomic E-state index is -0.246. The molecule has 0 spiro atoms. The number of carbonyl (C=O) groups is 1. The van der Waals surface area contributed by atoms with Crippen molar-refractivity contribution in [2.24, 2.45) is 0 Å². The molecule has 2 aliphatic heterocycles. The number of ether oxygens (including phenoxy) is 2. The van der Waals surface area contributed by atoms with Crippen molar-refractivity contribution in [3.8, 4) is 0 Å². The van der Waals surface area contributed by atoms with Crippen LogP contribution in [-0.4, -0.2) is 64.0 Å². The number of hydrogen-bond acceptors (Lipinski definition) is 8. The van der Waals surface area contributed by atoms with Crippen LogP contribution in [0.15, 0.2) is 34.1 Å².